The fourth-order valence-electron chi connectivity index (χ4n) is 0.469. The van der Waals surface area contributed by atoms with Gasteiger partial charge in [0.15, 0.2) is 36.6 Å². The van der Waals surface area contributed by atoms with Gasteiger partial charge in [-0.3, -0.25) is 0 Å². The van der Waals surface area contributed by atoms with E-state index in [1.54, 1.807) is 0 Å². The standard InChI is InChI=1S/6C3H6O4.Co.Mo/c6*4-1-2(5)3(6)7;;/h6*2,4-5H,1H2,(H,6,7);;. The van der Waals surface area contributed by atoms with Gasteiger partial charge in [-0.25, -0.2) is 28.8 Å². The first-order valence-electron chi connectivity index (χ1n) is 10.2. The van der Waals surface area contributed by atoms with E-state index in [0.717, 1.165) is 0 Å². The van der Waals surface area contributed by atoms with Crippen molar-refractivity contribution in [1.82, 2.24) is 0 Å². The minimum Gasteiger partial charge on any atom is -0.479 e. The van der Waals surface area contributed by atoms with Gasteiger partial charge in [-0.15, -0.1) is 0 Å². The molecule has 24 nitrogen and oxygen atoms in total. The van der Waals surface area contributed by atoms with Gasteiger partial charge < -0.3 is 91.9 Å². The number of rotatable bonds is 12. The molecule has 0 aliphatic carbocycles. The predicted molar refractivity (Wildman–Crippen MR) is 124 cm³/mol. The summed E-state index contributed by atoms with van der Waals surface area (Å²) in [5, 5.41) is 142. The molecular formula is C18H36CoMoO24. The first-order valence-corrected chi connectivity index (χ1v) is 10.2. The second-order valence-electron chi connectivity index (χ2n) is 6.22. The van der Waals surface area contributed by atoms with Crippen LogP contribution in [-0.4, -0.2) is 204 Å². The van der Waals surface area contributed by atoms with Gasteiger partial charge in [0.25, 0.3) is 0 Å². The van der Waals surface area contributed by atoms with Crippen molar-refractivity contribution in [2.45, 2.75) is 36.6 Å². The third kappa shape index (κ3) is 52.2. The van der Waals surface area contributed by atoms with Gasteiger partial charge in [-0.05, 0) is 0 Å². The third-order valence-corrected chi connectivity index (χ3v) is 2.75. The van der Waals surface area contributed by atoms with E-state index in [2.05, 4.69) is 0 Å². The van der Waals surface area contributed by atoms with Crippen molar-refractivity contribution in [2.24, 2.45) is 0 Å². The molecule has 0 rings (SSSR count). The number of hydrogen-bond donors (Lipinski definition) is 18. The Kier molecular flexibility index (Phi) is 55.9. The molecule has 0 saturated carbocycles. The Morgan fingerprint density at radius 3 is 0.386 bits per heavy atom. The van der Waals surface area contributed by atoms with Crippen molar-refractivity contribution < 1.29 is 159 Å². The van der Waals surface area contributed by atoms with Gasteiger partial charge in [0.1, 0.15) is 0 Å². The molecule has 0 aromatic carbocycles. The Labute approximate surface area is 270 Å². The van der Waals surface area contributed by atoms with Crippen LogP contribution in [0.25, 0.3) is 0 Å². The monoisotopic (exact) mass is 793 g/mol. The van der Waals surface area contributed by atoms with Crippen molar-refractivity contribution in [1.29, 1.82) is 0 Å². The molecule has 0 fully saturated rings. The summed E-state index contributed by atoms with van der Waals surface area (Å²) >= 11 is 0. The van der Waals surface area contributed by atoms with Crippen LogP contribution in [-0.2, 0) is 66.6 Å². The summed E-state index contributed by atoms with van der Waals surface area (Å²) in [6.07, 6.45) is -9.75. The van der Waals surface area contributed by atoms with Crippen LogP contribution >= 0.6 is 0 Å². The molecule has 1 radical (unpaired) electrons. The topological polar surface area (TPSA) is 467 Å². The molecule has 0 bridgehead atoms. The third-order valence-electron chi connectivity index (χ3n) is 2.75. The molecule has 0 aliphatic heterocycles. The van der Waals surface area contributed by atoms with Gasteiger partial charge >= 0.3 is 35.8 Å². The molecule has 0 saturated heterocycles. The van der Waals surface area contributed by atoms with Crippen LogP contribution in [0, 0.1) is 0 Å². The number of aliphatic hydroxyl groups excluding tert-OH is 12. The minimum atomic E-state index is -1.63. The molecule has 6 unspecified atom stereocenters. The van der Waals surface area contributed by atoms with Gasteiger partial charge in [0.2, 0.25) is 0 Å². The zero-order chi connectivity index (χ0) is 35.2. The van der Waals surface area contributed by atoms with Crippen LogP contribution in [0.5, 0.6) is 0 Å². The van der Waals surface area contributed by atoms with Crippen LogP contribution in [0.4, 0.5) is 0 Å². The summed E-state index contributed by atoms with van der Waals surface area (Å²) in [4.78, 5) is 57.1. The van der Waals surface area contributed by atoms with E-state index in [1.165, 1.54) is 0 Å². The average molecular weight is 791 g/mol. The molecule has 267 valence electrons. The van der Waals surface area contributed by atoms with E-state index in [0.29, 0.717) is 0 Å². The number of carbonyl (C=O) groups is 6. The molecule has 0 aromatic rings. The predicted octanol–water partition coefficient (Wildman–Crippen LogP) is -9.46. The maximum absolute atomic E-state index is 9.52. The van der Waals surface area contributed by atoms with Gasteiger partial charge in [0, 0.05) is 37.8 Å². The van der Waals surface area contributed by atoms with E-state index >= 15 is 0 Å². The summed E-state index contributed by atoms with van der Waals surface area (Å²) in [5.74, 6) is -8.40. The maximum atomic E-state index is 9.52. The molecule has 0 aromatic heterocycles. The minimum absolute atomic E-state index is 0. The molecule has 0 spiro atoms. The Morgan fingerprint density at radius 2 is 0.386 bits per heavy atom. The Balaban J connectivity index is -0.0000000584. The van der Waals surface area contributed by atoms with Crippen LogP contribution < -0.4 is 0 Å². The smallest absolute Gasteiger partial charge is 0.334 e. The molecule has 0 aliphatic rings. The number of aliphatic carboxylic acids is 6. The molecule has 18 N–H and O–H groups in total. The first kappa shape index (κ1) is 60.7. The normalized spacial score (nSPS) is 12.8. The molecule has 26 heteroatoms. The first-order chi connectivity index (χ1) is 19.1. The zero-order valence-corrected chi connectivity index (χ0v) is 25.0. The molecule has 6 atom stereocenters. The van der Waals surface area contributed by atoms with E-state index in [1.807, 2.05) is 0 Å². The van der Waals surface area contributed by atoms with E-state index in [-0.39, 0.29) is 37.8 Å². The van der Waals surface area contributed by atoms with Crippen molar-refractivity contribution in [2.75, 3.05) is 39.6 Å². The van der Waals surface area contributed by atoms with Crippen LogP contribution in [0.1, 0.15) is 0 Å². The second-order valence-corrected chi connectivity index (χ2v) is 6.22. The van der Waals surface area contributed by atoms with Crippen LogP contribution in [0.2, 0.25) is 0 Å². The van der Waals surface area contributed by atoms with E-state index in [4.69, 9.17) is 91.9 Å². The Morgan fingerprint density at radius 1 is 0.318 bits per heavy atom. The van der Waals surface area contributed by atoms with Crippen molar-refractivity contribution in [3.05, 3.63) is 0 Å². The Hall–Kier alpha value is -2.47. The van der Waals surface area contributed by atoms with Crippen molar-refractivity contribution in [3.8, 4) is 0 Å². The molecule has 0 amide bonds. The van der Waals surface area contributed by atoms with E-state index in [9.17, 15) is 28.8 Å². The zero-order valence-electron chi connectivity index (χ0n) is 21.9. The second kappa shape index (κ2) is 40.5. The Bertz CT molecular complexity index is 585. The SMILES string of the molecule is O=C(O)C(O)CO.O=C(O)C(O)CO.O=C(O)C(O)CO.O=C(O)C(O)CO.O=C(O)C(O)CO.O=C(O)C(O)CO.[Co].[Mo]. The van der Waals surface area contributed by atoms with Gasteiger partial charge in [-0.1, -0.05) is 0 Å². The van der Waals surface area contributed by atoms with Crippen molar-refractivity contribution in [3.63, 3.8) is 0 Å². The number of carboxylic acids is 6. The maximum Gasteiger partial charge on any atom is 0.334 e. The quantitative estimate of drug-likeness (QED) is 0.0816. The number of aliphatic hydroxyl groups is 12. The molecular weight excluding hydrogens is 755 g/mol. The summed E-state index contributed by atoms with van der Waals surface area (Å²) in [7, 11) is 0. The summed E-state index contributed by atoms with van der Waals surface area (Å²) in [5.41, 5.74) is 0. The summed E-state index contributed by atoms with van der Waals surface area (Å²) < 4.78 is 0. The van der Waals surface area contributed by atoms with Gasteiger partial charge in [-0.2, -0.15) is 0 Å². The molecule has 44 heavy (non-hydrogen) atoms. The summed E-state index contributed by atoms with van der Waals surface area (Å²) in [6.45, 7) is -4.36. The van der Waals surface area contributed by atoms with Crippen LogP contribution in [0.3, 0.4) is 0 Å². The summed E-state index contributed by atoms with van der Waals surface area (Å²) in [6, 6.07) is 0. The van der Waals surface area contributed by atoms with Crippen molar-refractivity contribution >= 4 is 35.8 Å². The fourth-order valence-corrected chi connectivity index (χ4v) is 0.469. The number of hydrogen-bond acceptors (Lipinski definition) is 18. The average Bonchev–Trinajstić information content (AvgIpc) is 2.95. The number of carboxylic acid groups (broad SMARTS) is 6. The van der Waals surface area contributed by atoms with Crippen LogP contribution in [0.15, 0.2) is 0 Å². The van der Waals surface area contributed by atoms with E-state index < -0.39 is 112 Å². The van der Waals surface area contributed by atoms with Gasteiger partial charge in [0.05, 0.1) is 39.6 Å². The largest absolute Gasteiger partial charge is 0.479 e. The molecule has 0 heterocycles. The fraction of sp³-hybridized carbons (Fsp3) is 0.667.